The molecule has 106 valence electrons. The van der Waals surface area contributed by atoms with Crippen LogP contribution in [0.2, 0.25) is 0 Å². The van der Waals surface area contributed by atoms with Crippen LogP contribution >= 0.6 is 11.3 Å². The van der Waals surface area contributed by atoms with Gasteiger partial charge in [-0.3, -0.25) is 9.80 Å². The zero-order chi connectivity index (χ0) is 13.2. The third-order valence-corrected chi connectivity index (χ3v) is 5.84. The minimum atomic E-state index is 0.438. The van der Waals surface area contributed by atoms with Gasteiger partial charge in [0.25, 0.3) is 0 Å². The third kappa shape index (κ3) is 2.72. The van der Waals surface area contributed by atoms with Crippen LogP contribution in [0.3, 0.4) is 0 Å². The van der Waals surface area contributed by atoms with Gasteiger partial charge in [-0.05, 0) is 56.3 Å². The molecule has 2 atom stereocenters. The molecule has 2 N–H and O–H groups in total. The molecule has 3 rings (SSSR count). The summed E-state index contributed by atoms with van der Waals surface area (Å²) >= 11 is 1.87. The maximum absolute atomic E-state index is 6.06. The summed E-state index contributed by atoms with van der Waals surface area (Å²) < 4.78 is 0. The lowest BCUT2D eigenvalue weighted by molar-refractivity contribution is 0.204. The van der Waals surface area contributed by atoms with E-state index >= 15 is 0 Å². The van der Waals surface area contributed by atoms with Crippen LogP contribution in [0.25, 0.3) is 0 Å². The first-order chi connectivity index (χ1) is 9.29. The van der Waals surface area contributed by atoms with Gasteiger partial charge in [0, 0.05) is 30.6 Å². The molecule has 0 aliphatic carbocycles. The molecule has 2 unspecified atom stereocenters. The van der Waals surface area contributed by atoms with Crippen molar-refractivity contribution in [1.29, 1.82) is 0 Å². The minimum Gasteiger partial charge on any atom is -0.329 e. The molecule has 2 fully saturated rings. The molecule has 2 saturated heterocycles. The van der Waals surface area contributed by atoms with Crippen LogP contribution in [0.4, 0.5) is 0 Å². The van der Waals surface area contributed by atoms with Crippen LogP contribution in [0.15, 0.2) is 11.4 Å². The molecule has 0 saturated carbocycles. The number of likely N-dealkylation sites (tertiary alicyclic amines) is 2. The van der Waals surface area contributed by atoms with Crippen molar-refractivity contribution >= 4 is 11.3 Å². The average molecular weight is 279 g/mol. The van der Waals surface area contributed by atoms with E-state index in [9.17, 15) is 0 Å². The molecule has 0 spiro atoms. The van der Waals surface area contributed by atoms with Crippen molar-refractivity contribution in [3.05, 3.63) is 21.9 Å². The van der Waals surface area contributed by atoms with Gasteiger partial charge in [-0.25, -0.2) is 0 Å². The lowest BCUT2D eigenvalue weighted by Crippen LogP contribution is -2.37. The van der Waals surface area contributed by atoms with Gasteiger partial charge in [0.2, 0.25) is 0 Å². The van der Waals surface area contributed by atoms with Gasteiger partial charge < -0.3 is 5.73 Å². The number of hydrogen-bond acceptors (Lipinski definition) is 4. The predicted molar refractivity (Wildman–Crippen MR) is 81.6 cm³/mol. The molecule has 2 aliphatic rings. The van der Waals surface area contributed by atoms with Gasteiger partial charge in [-0.15, -0.1) is 11.3 Å². The van der Waals surface area contributed by atoms with E-state index in [0.717, 1.165) is 12.6 Å². The number of aryl methyl sites for hydroxylation is 1. The van der Waals surface area contributed by atoms with E-state index in [1.54, 1.807) is 0 Å². The summed E-state index contributed by atoms with van der Waals surface area (Å²) in [4.78, 5) is 6.78. The Morgan fingerprint density at radius 3 is 2.79 bits per heavy atom. The summed E-state index contributed by atoms with van der Waals surface area (Å²) in [5.41, 5.74) is 7.47. The first-order valence-corrected chi connectivity index (χ1v) is 8.39. The Bertz CT molecular complexity index is 411. The first-order valence-electron chi connectivity index (χ1n) is 7.51. The fraction of sp³-hybridized carbons (Fsp3) is 0.733. The summed E-state index contributed by atoms with van der Waals surface area (Å²) in [5, 5.41) is 2.20. The highest BCUT2D eigenvalue weighted by atomic mass is 32.1. The number of nitrogens with zero attached hydrogens (tertiary/aromatic N) is 2. The first kappa shape index (κ1) is 13.6. The number of thiophene rings is 1. The second kappa shape index (κ2) is 5.92. The van der Waals surface area contributed by atoms with Crippen molar-refractivity contribution in [3.8, 4) is 0 Å². The maximum atomic E-state index is 6.06. The standard InChI is InChI=1S/C15H25N3S/c1-12-5-9-19-15(12)14(10-16)18-8-4-13(11-18)17-6-2-3-7-17/h5,9,13-14H,2-4,6-8,10-11,16H2,1H3. The lowest BCUT2D eigenvalue weighted by Gasteiger charge is -2.28. The number of nitrogens with two attached hydrogens (primary N) is 1. The van der Waals surface area contributed by atoms with Crippen molar-refractivity contribution in [3.63, 3.8) is 0 Å². The minimum absolute atomic E-state index is 0.438. The van der Waals surface area contributed by atoms with Gasteiger partial charge in [0.15, 0.2) is 0 Å². The predicted octanol–water partition coefficient (Wildman–Crippen LogP) is 2.23. The quantitative estimate of drug-likeness (QED) is 0.917. The number of hydrogen-bond donors (Lipinski definition) is 1. The Kier molecular flexibility index (Phi) is 4.22. The molecule has 19 heavy (non-hydrogen) atoms. The van der Waals surface area contributed by atoms with Crippen LogP contribution in [-0.4, -0.2) is 48.6 Å². The summed E-state index contributed by atoms with van der Waals surface area (Å²) in [6.45, 7) is 7.99. The van der Waals surface area contributed by atoms with Gasteiger partial charge in [-0.2, -0.15) is 0 Å². The van der Waals surface area contributed by atoms with Gasteiger partial charge in [0.1, 0.15) is 0 Å². The lowest BCUT2D eigenvalue weighted by atomic mass is 10.1. The molecule has 3 heterocycles. The monoisotopic (exact) mass is 279 g/mol. The van der Waals surface area contributed by atoms with Crippen molar-refractivity contribution in [2.75, 3.05) is 32.7 Å². The van der Waals surface area contributed by atoms with E-state index in [-0.39, 0.29) is 0 Å². The van der Waals surface area contributed by atoms with E-state index in [0.29, 0.717) is 6.04 Å². The summed E-state index contributed by atoms with van der Waals surface area (Å²) in [7, 11) is 0. The highest BCUT2D eigenvalue weighted by molar-refractivity contribution is 7.10. The molecular formula is C15H25N3S. The summed E-state index contributed by atoms with van der Waals surface area (Å²) in [5.74, 6) is 0. The molecule has 0 bridgehead atoms. The zero-order valence-corrected chi connectivity index (χ0v) is 12.7. The molecule has 2 aliphatic heterocycles. The number of rotatable bonds is 4. The van der Waals surface area contributed by atoms with Gasteiger partial charge >= 0.3 is 0 Å². The fourth-order valence-corrected chi connectivity index (χ4v) is 4.68. The summed E-state index contributed by atoms with van der Waals surface area (Å²) in [6, 6.07) is 3.43. The smallest absolute Gasteiger partial charge is 0.0567 e. The third-order valence-electron chi connectivity index (χ3n) is 4.72. The van der Waals surface area contributed by atoms with Crippen molar-refractivity contribution in [1.82, 2.24) is 9.80 Å². The van der Waals surface area contributed by atoms with Gasteiger partial charge in [0.05, 0.1) is 6.04 Å². The Morgan fingerprint density at radius 2 is 2.16 bits per heavy atom. The largest absolute Gasteiger partial charge is 0.329 e. The Labute approximate surface area is 120 Å². The molecule has 3 nitrogen and oxygen atoms in total. The Morgan fingerprint density at radius 1 is 1.37 bits per heavy atom. The van der Waals surface area contributed by atoms with Crippen molar-refractivity contribution in [2.24, 2.45) is 5.73 Å². The molecule has 4 heteroatoms. The SMILES string of the molecule is Cc1ccsc1C(CN)N1CCC(N2CCCC2)C1. The van der Waals surface area contributed by atoms with E-state index in [1.807, 2.05) is 11.3 Å². The van der Waals surface area contributed by atoms with E-state index in [1.165, 1.54) is 55.9 Å². The molecule has 1 aromatic rings. The molecule has 0 aromatic carbocycles. The van der Waals surface area contributed by atoms with Crippen molar-refractivity contribution in [2.45, 2.75) is 38.3 Å². The molecule has 0 amide bonds. The Hall–Kier alpha value is -0.420. The zero-order valence-electron chi connectivity index (χ0n) is 11.8. The molecular weight excluding hydrogens is 254 g/mol. The van der Waals surface area contributed by atoms with Crippen LogP contribution in [0.5, 0.6) is 0 Å². The fourth-order valence-electron chi connectivity index (χ4n) is 3.60. The van der Waals surface area contributed by atoms with Crippen LogP contribution in [0, 0.1) is 6.92 Å². The second-order valence-corrected chi connectivity index (χ2v) is 6.85. The second-order valence-electron chi connectivity index (χ2n) is 5.90. The highest BCUT2D eigenvalue weighted by Gasteiger charge is 2.33. The van der Waals surface area contributed by atoms with Crippen LogP contribution < -0.4 is 5.73 Å². The van der Waals surface area contributed by atoms with Crippen molar-refractivity contribution < 1.29 is 0 Å². The topological polar surface area (TPSA) is 32.5 Å². The van der Waals surface area contributed by atoms with Crippen LogP contribution in [-0.2, 0) is 0 Å². The van der Waals surface area contributed by atoms with E-state index in [2.05, 4.69) is 28.2 Å². The normalized spacial score (nSPS) is 27.2. The van der Waals surface area contributed by atoms with Gasteiger partial charge in [-0.1, -0.05) is 0 Å². The molecule has 1 aromatic heterocycles. The maximum Gasteiger partial charge on any atom is 0.0567 e. The Balaban J connectivity index is 1.67. The highest BCUT2D eigenvalue weighted by Crippen LogP contribution is 2.32. The van der Waals surface area contributed by atoms with Crippen LogP contribution in [0.1, 0.15) is 35.7 Å². The summed E-state index contributed by atoms with van der Waals surface area (Å²) in [6.07, 6.45) is 4.10. The van der Waals surface area contributed by atoms with E-state index < -0.39 is 0 Å². The average Bonchev–Trinajstić information content (AvgIpc) is 3.11. The molecule has 0 radical (unpaired) electrons. The van der Waals surface area contributed by atoms with E-state index in [4.69, 9.17) is 5.73 Å².